The van der Waals surface area contributed by atoms with Crippen LogP contribution in [0, 0.1) is 12.8 Å². The molecule has 1 atom stereocenters. The SMILES string of the molecule is Cc1ccc(S(=O)(=O)n2c(CC3CCCCC3=O)c(-c3ccccc3)c3ccccc32)cc1. The lowest BCUT2D eigenvalue weighted by molar-refractivity contribution is -0.124. The van der Waals surface area contributed by atoms with Crippen LogP contribution in [0.3, 0.4) is 0 Å². The Kier molecular flexibility index (Phi) is 5.67. The smallest absolute Gasteiger partial charge is 0.268 e. The molecule has 0 radical (unpaired) electrons. The number of para-hydroxylation sites is 1. The number of hydrogen-bond acceptors (Lipinski definition) is 3. The molecule has 0 amide bonds. The van der Waals surface area contributed by atoms with Gasteiger partial charge in [0.2, 0.25) is 0 Å². The summed E-state index contributed by atoms with van der Waals surface area (Å²) in [7, 11) is -3.86. The number of ketones is 1. The van der Waals surface area contributed by atoms with Crippen LogP contribution in [0.15, 0.2) is 83.8 Å². The number of rotatable bonds is 5. The first-order valence-electron chi connectivity index (χ1n) is 11.5. The third-order valence-corrected chi connectivity index (χ3v) is 8.43. The predicted molar refractivity (Wildman–Crippen MR) is 132 cm³/mol. The lowest BCUT2D eigenvalue weighted by Crippen LogP contribution is -2.24. The molecule has 0 aliphatic heterocycles. The van der Waals surface area contributed by atoms with Crippen molar-refractivity contribution in [1.29, 1.82) is 0 Å². The van der Waals surface area contributed by atoms with Crippen LogP contribution in [0.25, 0.3) is 22.0 Å². The van der Waals surface area contributed by atoms with Crippen LogP contribution in [-0.4, -0.2) is 18.2 Å². The number of benzene rings is 3. The van der Waals surface area contributed by atoms with Gasteiger partial charge in [-0.3, -0.25) is 4.79 Å². The molecule has 1 heterocycles. The Labute approximate surface area is 194 Å². The first kappa shape index (κ1) is 21.7. The highest BCUT2D eigenvalue weighted by Crippen LogP contribution is 2.39. The van der Waals surface area contributed by atoms with Crippen molar-refractivity contribution in [3.8, 4) is 11.1 Å². The molecule has 3 aromatic carbocycles. The molecule has 1 aromatic heterocycles. The molecule has 4 nitrogen and oxygen atoms in total. The molecule has 1 aliphatic rings. The number of aromatic nitrogens is 1. The average molecular weight is 458 g/mol. The fraction of sp³-hybridized carbons (Fsp3) is 0.250. The van der Waals surface area contributed by atoms with Gasteiger partial charge in [-0.25, -0.2) is 12.4 Å². The van der Waals surface area contributed by atoms with Crippen molar-refractivity contribution in [3.05, 3.63) is 90.1 Å². The maximum Gasteiger partial charge on any atom is 0.268 e. The van der Waals surface area contributed by atoms with E-state index in [1.54, 1.807) is 12.1 Å². The Morgan fingerprint density at radius 2 is 1.58 bits per heavy atom. The second-order valence-corrected chi connectivity index (χ2v) is 10.7. The molecule has 33 heavy (non-hydrogen) atoms. The molecule has 4 aromatic rings. The molecule has 0 spiro atoms. The standard InChI is InChI=1S/C28H27NO3S/c1-20-15-17-23(18-16-20)33(31,32)29-25-13-7-6-12-24(25)28(21-9-3-2-4-10-21)26(29)19-22-11-5-8-14-27(22)30/h2-4,6-7,9-10,12-13,15-18,22H,5,8,11,14,19H2,1H3. The zero-order valence-electron chi connectivity index (χ0n) is 18.7. The summed E-state index contributed by atoms with van der Waals surface area (Å²) in [5, 5.41) is 0.887. The summed E-state index contributed by atoms with van der Waals surface area (Å²) < 4.78 is 29.5. The van der Waals surface area contributed by atoms with Crippen molar-refractivity contribution >= 4 is 26.7 Å². The van der Waals surface area contributed by atoms with Gasteiger partial charge < -0.3 is 0 Å². The van der Waals surface area contributed by atoms with E-state index in [-0.39, 0.29) is 16.6 Å². The van der Waals surface area contributed by atoms with E-state index < -0.39 is 10.0 Å². The van der Waals surface area contributed by atoms with Crippen molar-refractivity contribution in [1.82, 2.24) is 3.97 Å². The molecule has 1 aliphatic carbocycles. The van der Waals surface area contributed by atoms with E-state index in [0.717, 1.165) is 41.3 Å². The molecule has 0 bridgehead atoms. The van der Waals surface area contributed by atoms with Gasteiger partial charge in [-0.05, 0) is 49.9 Å². The second-order valence-electron chi connectivity index (χ2n) is 8.90. The molecule has 5 rings (SSSR count). The van der Waals surface area contributed by atoms with E-state index in [0.29, 0.717) is 24.1 Å². The lowest BCUT2D eigenvalue weighted by atomic mass is 9.84. The topological polar surface area (TPSA) is 56.1 Å². The largest absolute Gasteiger partial charge is 0.299 e. The summed E-state index contributed by atoms with van der Waals surface area (Å²) >= 11 is 0. The Morgan fingerprint density at radius 3 is 2.30 bits per heavy atom. The zero-order chi connectivity index (χ0) is 23.0. The van der Waals surface area contributed by atoms with Gasteiger partial charge in [0.15, 0.2) is 0 Å². The van der Waals surface area contributed by atoms with E-state index in [1.165, 1.54) is 3.97 Å². The van der Waals surface area contributed by atoms with E-state index in [1.807, 2.05) is 73.7 Å². The maximum absolute atomic E-state index is 14.0. The van der Waals surface area contributed by atoms with Gasteiger partial charge in [0.05, 0.1) is 10.4 Å². The van der Waals surface area contributed by atoms with Crippen molar-refractivity contribution in [2.75, 3.05) is 0 Å². The Balaban J connectivity index is 1.81. The van der Waals surface area contributed by atoms with Crippen LogP contribution in [0.1, 0.15) is 36.9 Å². The van der Waals surface area contributed by atoms with Gasteiger partial charge in [-0.15, -0.1) is 0 Å². The molecule has 1 saturated carbocycles. The van der Waals surface area contributed by atoms with Crippen LogP contribution in [0.2, 0.25) is 0 Å². The molecule has 1 fully saturated rings. The molecule has 0 N–H and O–H groups in total. The van der Waals surface area contributed by atoms with Crippen LogP contribution in [-0.2, 0) is 21.2 Å². The van der Waals surface area contributed by atoms with Gasteiger partial charge in [0, 0.05) is 29.0 Å². The minimum atomic E-state index is -3.86. The minimum Gasteiger partial charge on any atom is -0.299 e. The van der Waals surface area contributed by atoms with Crippen molar-refractivity contribution in [2.24, 2.45) is 5.92 Å². The van der Waals surface area contributed by atoms with Crippen LogP contribution < -0.4 is 0 Å². The second kappa shape index (κ2) is 8.64. The van der Waals surface area contributed by atoms with Gasteiger partial charge in [0.1, 0.15) is 5.78 Å². The molecule has 1 unspecified atom stereocenters. The predicted octanol–water partition coefficient (Wildman–Crippen LogP) is 6.16. The van der Waals surface area contributed by atoms with Crippen LogP contribution in [0.5, 0.6) is 0 Å². The van der Waals surface area contributed by atoms with E-state index in [2.05, 4.69) is 0 Å². The Bertz CT molecular complexity index is 1420. The third-order valence-electron chi connectivity index (χ3n) is 6.67. The molecular formula is C28H27NO3S. The highest BCUT2D eigenvalue weighted by molar-refractivity contribution is 7.90. The van der Waals surface area contributed by atoms with Crippen molar-refractivity contribution in [3.63, 3.8) is 0 Å². The summed E-state index contributed by atoms with van der Waals surface area (Å²) in [4.78, 5) is 13.0. The quantitative estimate of drug-likeness (QED) is 0.361. The van der Waals surface area contributed by atoms with Crippen LogP contribution in [0.4, 0.5) is 0 Å². The zero-order valence-corrected chi connectivity index (χ0v) is 19.5. The van der Waals surface area contributed by atoms with Gasteiger partial charge >= 0.3 is 0 Å². The maximum atomic E-state index is 14.0. The van der Waals surface area contributed by atoms with Crippen molar-refractivity contribution in [2.45, 2.75) is 43.9 Å². The summed E-state index contributed by atoms with van der Waals surface area (Å²) in [6.07, 6.45) is 3.73. The summed E-state index contributed by atoms with van der Waals surface area (Å²) in [6.45, 7) is 1.94. The number of hydrogen-bond donors (Lipinski definition) is 0. The number of carbonyl (C=O) groups excluding carboxylic acids is 1. The monoisotopic (exact) mass is 457 g/mol. The van der Waals surface area contributed by atoms with Crippen LogP contribution >= 0.6 is 0 Å². The fourth-order valence-corrected chi connectivity index (χ4v) is 6.54. The highest BCUT2D eigenvalue weighted by Gasteiger charge is 2.31. The van der Waals surface area contributed by atoms with Gasteiger partial charge in [-0.2, -0.15) is 0 Å². The number of carbonyl (C=O) groups is 1. The fourth-order valence-electron chi connectivity index (χ4n) is 4.97. The van der Waals surface area contributed by atoms with E-state index in [9.17, 15) is 13.2 Å². The van der Waals surface area contributed by atoms with Gasteiger partial charge in [0.25, 0.3) is 10.0 Å². The molecule has 0 saturated heterocycles. The lowest BCUT2D eigenvalue weighted by Gasteiger charge is -2.22. The third kappa shape index (κ3) is 3.91. The molecular weight excluding hydrogens is 430 g/mol. The summed E-state index contributed by atoms with van der Waals surface area (Å²) in [6, 6.07) is 24.5. The normalized spacial score (nSPS) is 16.9. The van der Waals surface area contributed by atoms with Crippen molar-refractivity contribution < 1.29 is 13.2 Å². The molecule has 5 heteroatoms. The first-order valence-corrected chi connectivity index (χ1v) is 12.9. The number of nitrogens with zero attached hydrogens (tertiary/aromatic N) is 1. The van der Waals surface area contributed by atoms with E-state index in [4.69, 9.17) is 0 Å². The number of fused-ring (bicyclic) bond motifs is 1. The minimum absolute atomic E-state index is 0.155. The number of aryl methyl sites for hydroxylation is 1. The first-order chi connectivity index (χ1) is 16.0. The molecule has 168 valence electrons. The average Bonchev–Trinajstić information content (AvgIpc) is 3.16. The summed E-state index contributed by atoms with van der Waals surface area (Å²) in [5.41, 5.74) is 4.22. The van der Waals surface area contributed by atoms with Gasteiger partial charge in [-0.1, -0.05) is 72.6 Å². The number of Topliss-reactive ketones (excluding diaryl/α,β-unsaturated/α-hetero) is 1. The van der Waals surface area contributed by atoms with E-state index >= 15 is 0 Å². The highest BCUT2D eigenvalue weighted by atomic mass is 32.2. The summed E-state index contributed by atoms with van der Waals surface area (Å²) in [5.74, 6) is 0.0855. The Hall–Kier alpha value is -3.18. The Morgan fingerprint density at radius 1 is 0.879 bits per heavy atom.